The summed E-state index contributed by atoms with van der Waals surface area (Å²) in [5.74, 6) is -0.119. The van der Waals surface area contributed by atoms with E-state index in [0.29, 0.717) is 17.4 Å². The van der Waals surface area contributed by atoms with E-state index in [0.717, 1.165) is 5.75 Å². The normalized spacial score (nSPS) is 13.5. The Labute approximate surface area is 136 Å². The van der Waals surface area contributed by atoms with E-state index in [4.69, 9.17) is 0 Å². The van der Waals surface area contributed by atoms with Gasteiger partial charge in [-0.1, -0.05) is 30.0 Å². The molecule has 0 fully saturated rings. The van der Waals surface area contributed by atoms with Gasteiger partial charge in [0.15, 0.2) is 10.9 Å². The molecule has 0 atom stereocenters. The lowest BCUT2D eigenvalue weighted by molar-refractivity contribution is 0.0593. The predicted molar refractivity (Wildman–Crippen MR) is 87.1 cm³/mol. The van der Waals surface area contributed by atoms with E-state index in [2.05, 4.69) is 20.1 Å². The Morgan fingerprint density at radius 1 is 1.30 bits per heavy atom. The number of nitrogens with zero attached hydrogens (tertiary/aromatic N) is 3. The van der Waals surface area contributed by atoms with Crippen LogP contribution in [0.5, 0.6) is 0 Å². The fourth-order valence-electron chi connectivity index (χ4n) is 2.09. The van der Waals surface area contributed by atoms with Crippen LogP contribution in [0.3, 0.4) is 0 Å². The van der Waals surface area contributed by atoms with Gasteiger partial charge in [-0.2, -0.15) is 5.10 Å². The molecule has 1 aliphatic heterocycles. The van der Waals surface area contributed by atoms with E-state index in [1.165, 1.54) is 29.6 Å². The minimum absolute atomic E-state index is 0.0718. The minimum Gasteiger partial charge on any atom is -0.464 e. The smallest absolute Gasteiger partial charge is 0.358 e. The number of hydrogen-bond donors (Lipinski definition) is 1. The highest BCUT2D eigenvalue weighted by atomic mass is 32.2. The van der Waals surface area contributed by atoms with E-state index in [9.17, 15) is 9.59 Å². The van der Waals surface area contributed by atoms with Gasteiger partial charge in [0.1, 0.15) is 5.69 Å². The van der Waals surface area contributed by atoms with E-state index >= 15 is 0 Å². The van der Waals surface area contributed by atoms with Gasteiger partial charge >= 0.3 is 5.97 Å². The molecule has 1 amide bonds. The van der Waals surface area contributed by atoms with Crippen LogP contribution in [0, 0.1) is 0 Å². The molecule has 0 unspecified atom stereocenters. The van der Waals surface area contributed by atoms with Crippen LogP contribution < -0.4 is 5.32 Å². The van der Waals surface area contributed by atoms with E-state index in [-0.39, 0.29) is 17.3 Å². The van der Waals surface area contributed by atoms with Crippen molar-refractivity contribution in [3.8, 4) is 5.69 Å². The molecule has 0 saturated carbocycles. The number of para-hydroxylation sites is 1. The van der Waals surface area contributed by atoms with Gasteiger partial charge in [-0.3, -0.25) is 15.1 Å². The van der Waals surface area contributed by atoms with Crippen molar-refractivity contribution in [1.82, 2.24) is 15.1 Å². The first-order valence-electron chi connectivity index (χ1n) is 6.91. The second-order valence-corrected chi connectivity index (χ2v) is 5.73. The SMILES string of the molecule is COC(=O)c1cc(C(=O)NC2=NCCS2)n(-c2ccccc2)n1. The third-order valence-corrected chi connectivity index (χ3v) is 4.03. The number of aliphatic imine (C=N–C) groups is 1. The maximum absolute atomic E-state index is 12.5. The van der Waals surface area contributed by atoms with Crippen molar-refractivity contribution in [2.75, 3.05) is 19.4 Å². The average molecular weight is 330 g/mol. The fourth-order valence-corrected chi connectivity index (χ4v) is 2.81. The molecule has 1 aliphatic rings. The summed E-state index contributed by atoms with van der Waals surface area (Å²) in [6.07, 6.45) is 0. The first-order chi connectivity index (χ1) is 11.2. The first-order valence-corrected chi connectivity index (χ1v) is 7.90. The van der Waals surface area contributed by atoms with Crippen LogP contribution in [0.25, 0.3) is 5.69 Å². The number of nitrogens with one attached hydrogen (secondary N) is 1. The van der Waals surface area contributed by atoms with Crippen molar-refractivity contribution in [2.24, 2.45) is 4.99 Å². The molecule has 0 spiro atoms. The highest BCUT2D eigenvalue weighted by Gasteiger charge is 2.22. The number of ether oxygens (including phenoxy) is 1. The monoisotopic (exact) mass is 330 g/mol. The Morgan fingerprint density at radius 2 is 2.09 bits per heavy atom. The molecule has 118 valence electrons. The highest BCUT2D eigenvalue weighted by molar-refractivity contribution is 8.14. The van der Waals surface area contributed by atoms with Gasteiger partial charge in [0.25, 0.3) is 5.91 Å². The maximum atomic E-state index is 12.5. The lowest BCUT2D eigenvalue weighted by atomic mass is 10.3. The van der Waals surface area contributed by atoms with Crippen molar-refractivity contribution in [1.29, 1.82) is 0 Å². The van der Waals surface area contributed by atoms with Crippen LogP contribution in [-0.2, 0) is 4.74 Å². The molecule has 2 heterocycles. The van der Waals surface area contributed by atoms with Gasteiger partial charge < -0.3 is 4.74 Å². The topological polar surface area (TPSA) is 85.6 Å². The molecule has 1 aromatic heterocycles. The molecular weight excluding hydrogens is 316 g/mol. The standard InChI is InChI=1S/C15H14N4O3S/c1-22-14(21)11-9-12(13(20)17-15-16-7-8-23-15)19(18-11)10-5-3-2-4-6-10/h2-6,9H,7-8H2,1H3,(H,16,17,20). The molecule has 3 rings (SSSR count). The fraction of sp³-hybridized carbons (Fsp3) is 0.200. The number of rotatable bonds is 3. The lowest BCUT2D eigenvalue weighted by Gasteiger charge is -2.07. The van der Waals surface area contributed by atoms with Gasteiger partial charge in [0.2, 0.25) is 0 Å². The molecule has 2 aromatic rings. The summed E-state index contributed by atoms with van der Waals surface area (Å²) < 4.78 is 6.10. The Kier molecular flexibility index (Phi) is 4.42. The molecule has 0 radical (unpaired) electrons. The van der Waals surface area contributed by atoms with Crippen LogP contribution in [-0.4, -0.2) is 46.2 Å². The maximum Gasteiger partial charge on any atom is 0.358 e. The number of hydrogen-bond acceptors (Lipinski definition) is 6. The summed E-state index contributed by atoms with van der Waals surface area (Å²) >= 11 is 1.48. The highest BCUT2D eigenvalue weighted by Crippen LogP contribution is 2.15. The van der Waals surface area contributed by atoms with Crippen molar-refractivity contribution >= 4 is 28.8 Å². The number of amidine groups is 1. The second-order valence-electron chi connectivity index (χ2n) is 4.64. The van der Waals surface area contributed by atoms with Gasteiger partial charge in [0.05, 0.1) is 19.3 Å². The predicted octanol–water partition coefficient (Wildman–Crippen LogP) is 1.49. The lowest BCUT2D eigenvalue weighted by Crippen LogP contribution is -2.29. The molecule has 0 aliphatic carbocycles. The molecule has 1 aromatic carbocycles. The number of amides is 1. The number of carbonyl (C=O) groups excluding carboxylic acids is 2. The van der Waals surface area contributed by atoms with Crippen LogP contribution in [0.15, 0.2) is 41.4 Å². The Hall–Kier alpha value is -2.61. The van der Waals surface area contributed by atoms with Crippen LogP contribution in [0.1, 0.15) is 21.0 Å². The summed E-state index contributed by atoms with van der Waals surface area (Å²) in [6.45, 7) is 0.686. The zero-order valence-corrected chi connectivity index (χ0v) is 13.2. The number of carbonyl (C=O) groups is 2. The zero-order chi connectivity index (χ0) is 16.2. The average Bonchev–Trinajstić information content (AvgIpc) is 3.24. The quantitative estimate of drug-likeness (QED) is 0.862. The first kappa shape index (κ1) is 15.3. The number of methoxy groups -OCH3 is 1. The Bertz CT molecular complexity index is 770. The van der Waals surface area contributed by atoms with Crippen molar-refractivity contribution < 1.29 is 14.3 Å². The molecular formula is C15H14N4O3S. The van der Waals surface area contributed by atoms with Crippen molar-refractivity contribution in [3.63, 3.8) is 0 Å². The number of esters is 1. The van der Waals surface area contributed by atoms with E-state index in [1.54, 1.807) is 12.1 Å². The third kappa shape index (κ3) is 3.26. The summed E-state index contributed by atoms with van der Waals surface area (Å²) in [6, 6.07) is 10.5. The van der Waals surface area contributed by atoms with Crippen molar-refractivity contribution in [3.05, 3.63) is 47.8 Å². The largest absolute Gasteiger partial charge is 0.464 e. The molecule has 7 nitrogen and oxygen atoms in total. The number of benzene rings is 1. The number of thioether (sulfide) groups is 1. The van der Waals surface area contributed by atoms with Crippen LogP contribution in [0.4, 0.5) is 0 Å². The van der Waals surface area contributed by atoms with E-state index in [1.807, 2.05) is 18.2 Å². The third-order valence-electron chi connectivity index (χ3n) is 3.14. The summed E-state index contributed by atoms with van der Waals surface area (Å²) in [5.41, 5.74) is 0.989. The summed E-state index contributed by atoms with van der Waals surface area (Å²) in [7, 11) is 1.27. The minimum atomic E-state index is -0.596. The van der Waals surface area contributed by atoms with Gasteiger partial charge in [-0.05, 0) is 12.1 Å². The second kappa shape index (κ2) is 6.66. The zero-order valence-electron chi connectivity index (χ0n) is 12.4. The molecule has 0 bridgehead atoms. The van der Waals surface area contributed by atoms with Gasteiger partial charge in [0, 0.05) is 11.8 Å². The Balaban J connectivity index is 1.98. The van der Waals surface area contributed by atoms with Crippen LogP contribution >= 0.6 is 11.8 Å². The number of aromatic nitrogens is 2. The van der Waals surface area contributed by atoms with Gasteiger partial charge in [-0.25, -0.2) is 9.48 Å². The Morgan fingerprint density at radius 3 is 2.74 bits per heavy atom. The van der Waals surface area contributed by atoms with Gasteiger partial charge in [-0.15, -0.1) is 0 Å². The van der Waals surface area contributed by atoms with Crippen molar-refractivity contribution in [2.45, 2.75) is 0 Å². The molecule has 0 saturated heterocycles. The van der Waals surface area contributed by atoms with E-state index < -0.39 is 5.97 Å². The molecule has 8 heteroatoms. The van der Waals surface area contributed by atoms with Crippen LogP contribution in [0.2, 0.25) is 0 Å². The summed E-state index contributed by atoms with van der Waals surface area (Å²) in [5, 5.41) is 7.50. The summed E-state index contributed by atoms with van der Waals surface area (Å²) in [4.78, 5) is 28.4. The molecule has 1 N–H and O–H groups in total. The molecule has 23 heavy (non-hydrogen) atoms.